The van der Waals surface area contributed by atoms with Gasteiger partial charge in [-0.25, -0.2) is 4.98 Å². The second-order valence-corrected chi connectivity index (χ2v) is 11.0. The summed E-state index contributed by atoms with van der Waals surface area (Å²) in [5, 5.41) is 1.27. The Morgan fingerprint density at radius 3 is 2.46 bits per heavy atom. The lowest BCUT2D eigenvalue weighted by atomic mass is 10.1. The van der Waals surface area contributed by atoms with Gasteiger partial charge >= 0.3 is 0 Å². The van der Waals surface area contributed by atoms with Crippen molar-refractivity contribution in [3.8, 4) is 21.7 Å². The zero-order chi connectivity index (χ0) is 25.4. The second kappa shape index (κ2) is 10.1. The molecular formula is C31H32N4OS. The molecule has 6 heteroatoms. The van der Waals surface area contributed by atoms with E-state index in [0.29, 0.717) is 12.8 Å². The number of thiophene rings is 1. The van der Waals surface area contributed by atoms with Crippen LogP contribution in [0.5, 0.6) is 0 Å². The van der Waals surface area contributed by atoms with Gasteiger partial charge in [0.05, 0.1) is 11.4 Å². The molecular weight excluding hydrogens is 476 g/mol. The highest BCUT2D eigenvalue weighted by Gasteiger charge is 2.22. The molecule has 188 valence electrons. The first-order chi connectivity index (χ1) is 18.1. The van der Waals surface area contributed by atoms with Crippen molar-refractivity contribution in [2.45, 2.75) is 26.7 Å². The van der Waals surface area contributed by atoms with Crippen LogP contribution in [-0.4, -0.2) is 57.8 Å². The minimum Gasteiger partial charge on any atom is -0.340 e. The topological polar surface area (TPSA) is 40.8 Å². The Balaban J connectivity index is 1.35. The monoisotopic (exact) mass is 508 g/mol. The van der Waals surface area contributed by atoms with Crippen LogP contribution in [0, 0.1) is 6.92 Å². The van der Waals surface area contributed by atoms with Crippen molar-refractivity contribution < 1.29 is 4.79 Å². The lowest BCUT2D eigenvalue weighted by Gasteiger charge is -2.34. The first-order valence-electron chi connectivity index (χ1n) is 13.2. The van der Waals surface area contributed by atoms with Gasteiger partial charge in [-0.15, -0.1) is 11.3 Å². The number of aromatic nitrogens is 2. The van der Waals surface area contributed by atoms with E-state index in [0.717, 1.165) is 55.3 Å². The molecule has 1 amide bonds. The predicted molar refractivity (Wildman–Crippen MR) is 153 cm³/mol. The number of carbonyl (C=O) groups is 1. The summed E-state index contributed by atoms with van der Waals surface area (Å²) < 4.78 is 3.49. The van der Waals surface area contributed by atoms with E-state index in [1.165, 1.54) is 26.1 Å². The van der Waals surface area contributed by atoms with Crippen LogP contribution in [0.3, 0.4) is 0 Å². The zero-order valence-corrected chi connectivity index (χ0v) is 22.3. The van der Waals surface area contributed by atoms with E-state index in [-0.39, 0.29) is 5.91 Å². The van der Waals surface area contributed by atoms with E-state index in [1.54, 1.807) is 0 Å². The number of aryl methyl sites for hydroxylation is 2. The number of likely N-dealkylation sites (N-methyl/N-ethyl adjacent to an activating group) is 1. The fourth-order valence-corrected chi connectivity index (χ4v) is 6.29. The van der Waals surface area contributed by atoms with Crippen molar-refractivity contribution >= 4 is 33.0 Å². The van der Waals surface area contributed by atoms with Crippen molar-refractivity contribution in [1.29, 1.82) is 0 Å². The van der Waals surface area contributed by atoms with Crippen molar-refractivity contribution in [3.05, 3.63) is 84.2 Å². The summed E-state index contributed by atoms with van der Waals surface area (Å²) in [6, 6.07) is 23.6. The molecule has 5 aromatic rings. The van der Waals surface area contributed by atoms with Crippen molar-refractivity contribution in [2.75, 3.05) is 32.7 Å². The number of carbonyl (C=O) groups excluding carboxylic acids is 1. The maximum Gasteiger partial charge on any atom is 0.223 e. The summed E-state index contributed by atoms with van der Waals surface area (Å²) in [7, 11) is 0. The van der Waals surface area contributed by atoms with Gasteiger partial charge in [0, 0.05) is 59.5 Å². The lowest BCUT2D eigenvalue weighted by Crippen LogP contribution is -2.48. The fraction of sp³-hybridized carbons (Fsp3) is 0.290. The number of pyridine rings is 1. The number of imidazole rings is 1. The number of hydrogen-bond acceptors (Lipinski definition) is 4. The molecule has 0 saturated carbocycles. The van der Waals surface area contributed by atoms with Gasteiger partial charge in [-0.2, -0.15) is 0 Å². The highest BCUT2D eigenvalue weighted by molar-refractivity contribution is 7.22. The largest absolute Gasteiger partial charge is 0.340 e. The van der Waals surface area contributed by atoms with Crippen LogP contribution in [-0.2, 0) is 11.2 Å². The number of hydrogen-bond donors (Lipinski definition) is 0. The third kappa shape index (κ3) is 4.79. The standard InChI is InChI=1S/C31H32N4OS/c1-3-33-16-18-34(19-17-33)30(36)15-13-26-31(23-10-8-22(2)9-11-23)32-29-14-12-25(21-35(26)29)28-20-24-6-4-5-7-27(24)37-28/h4-12,14,20-21H,3,13,15-19H2,1-2H3. The summed E-state index contributed by atoms with van der Waals surface area (Å²) in [5.41, 5.74) is 6.47. The van der Waals surface area contributed by atoms with Gasteiger partial charge in [-0.05, 0) is 49.5 Å². The fourth-order valence-electron chi connectivity index (χ4n) is 5.24. The average molecular weight is 509 g/mol. The third-order valence-electron chi connectivity index (χ3n) is 7.50. The molecule has 1 aliphatic rings. The quantitative estimate of drug-likeness (QED) is 0.271. The van der Waals surface area contributed by atoms with Crippen LogP contribution in [0.2, 0.25) is 0 Å². The molecule has 6 rings (SSSR count). The van der Waals surface area contributed by atoms with Gasteiger partial charge in [0.2, 0.25) is 5.91 Å². The summed E-state index contributed by atoms with van der Waals surface area (Å²) >= 11 is 1.81. The molecule has 0 atom stereocenters. The molecule has 2 aromatic carbocycles. The highest BCUT2D eigenvalue weighted by Crippen LogP contribution is 2.35. The number of benzene rings is 2. The number of fused-ring (bicyclic) bond motifs is 2. The Bertz CT molecular complexity index is 1520. The third-order valence-corrected chi connectivity index (χ3v) is 8.67. The molecule has 0 unspecified atom stereocenters. The zero-order valence-electron chi connectivity index (χ0n) is 21.5. The summed E-state index contributed by atoms with van der Waals surface area (Å²) in [6.07, 6.45) is 3.35. The Kier molecular flexibility index (Phi) is 6.53. The molecule has 37 heavy (non-hydrogen) atoms. The molecule has 1 aliphatic heterocycles. The molecule has 5 nitrogen and oxygen atoms in total. The van der Waals surface area contributed by atoms with Crippen LogP contribution in [0.25, 0.3) is 37.4 Å². The van der Waals surface area contributed by atoms with Gasteiger partial charge in [0.25, 0.3) is 0 Å². The van der Waals surface area contributed by atoms with E-state index in [1.807, 2.05) is 16.2 Å². The molecule has 0 radical (unpaired) electrons. The molecule has 0 aliphatic carbocycles. The smallest absolute Gasteiger partial charge is 0.223 e. The first-order valence-corrected chi connectivity index (χ1v) is 14.0. The van der Waals surface area contributed by atoms with Crippen molar-refractivity contribution in [1.82, 2.24) is 19.2 Å². The normalized spacial score (nSPS) is 14.6. The maximum atomic E-state index is 13.2. The Hall–Kier alpha value is -3.48. The van der Waals surface area contributed by atoms with E-state index in [4.69, 9.17) is 4.98 Å². The van der Waals surface area contributed by atoms with Crippen LogP contribution >= 0.6 is 11.3 Å². The molecule has 0 spiro atoms. The summed E-state index contributed by atoms with van der Waals surface area (Å²) in [6.45, 7) is 8.90. The van der Waals surface area contributed by atoms with Crippen LogP contribution < -0.4 is 0 Å². The van der Waals surface area contributed by atoms with Crippen LogP contribution in [0.4, 0.5) is 0 Å². The number of nitrogens with zero attached hydrogens (tertiary/aromatic N) is 4. The number of amides is 1. The average Bonchev–Trinajstić information content (AvgIpc) is 3.53. The number of piperazine rings is 1. The van der Waals surface area contributed by atoms with Crippen LogP contribution in [0.15, 0.2) is 72.9 Å². The minimum atomic E-state index is 0.237. The van der Waals surface area contributed by atoms with Gasteiger partial charge in [-0.3, -0.25) is 4.79 Å². The molecule has 0 bridgehead atoms. The molecule has 3 aromatic heterocycles. The first kappa shape index (κ1) is 23.9. The molecule has 1 fully saturated rings. The predicted octanol–water partition coefficient (Wildman–Crippen LogP) is 6.29. The van der Waals surface area contributed by atoms with E-state index in [9.17, 15) is 4.79 Å². The highest BCUT2D eigenvalue weighted by atomic mass is 32.1. The molecule has 1 saturated heterocycles. The summed E-state index contributed by atoms with van der Waals surface area (Å²) in [5.74, 6) is 0.237. The molecule has 0 N–H and O–H groups in total. The van der Waals surface area contributed by atoms with Gasteiger partial charge in [0.15, 0.2) is 0 Å². The second-order valence-electron chi connectivity index (χ2n) is 9.88. The summed E-state index contributed by atoms with van der Waals surface area (Å²) in [4.78, 5) is 23.9. The van der Waals surface area contributed by atoms with E-state index in [2.05, 4.69) is 96.1 Å². The van der Waals surface area contributed by atoms with E-state index >= 15 is 0 Å². The number of rotatable bonds is 6. The Labute approximate surface area is 222 Å². The maximum absolute atomic E-state index is 13.2. The Morgan fingerprint density at radius 1 is 0.946 bits per heavy atom. The van der Waals surface area contributed by atoms with Crippen molar-refractivity contribution in [2.24, 2.45) is 0 Å². The minimum absolute atomic E-state index is 0.237. The van der Waals surface area contributed by atoms with Gasteiger partial charge in [-0.1, -0.05) is 55.0 Å². The van der Waals surface area contributed by atoms with Gasteiger partial charge < -0.3 is 14.2 Å². The Morgan fingerprint density at radius 2 is 1.70 bits per heavy atom. The molecule has 4 heterocycles. The van der Waals surface area contributed by atoms with Gasteiger partial charge in [0.1, 0.15) is 5.65 Å². The van der Waals surface area contributed by atoms with Crippen molar-refractivity contribution in [3.63, 3.8) is 0 Å². The SMILES string of the molecule is CCN1CCN(C(=O)CCc2c(-c3ccc(C)cc3)nc3ccc(-c4cc5ccccc5s4)cn23)CC1. The lowest BCUT2D eigenvalue weighted by molar-refractivity contribution is -0.132. The van der Waals surface area contributed by atoms with Crippen LogP contribution in [0.1, 0.15) is 24.6 Å². The van der Waals surface area contributed by atoms with E-state index < -0.39 is 0 Å².